The summed E-state index contributed by atoms with van der Waals surface area (Å²) in [6.07, 6.45) is 6.02. The van der Waals surface area contributed by atoms with E-state index in [1.165, 1.54) is 30.5 Å². The van der Waals surface area contributed by atoms with Crippen LogP contribution in [0.5, 0.6) is 0 Å². The average molecular weight is 409 g/mol. The molecule has 30 heavy (non-hydrogen) atoms. The Morgan fingerprint density at radius 1 is 1.17 bits per heavy atom. The number of benzene rings is 1. The summed E-state index contributed by atoms with van der Waals surface area (Å²) in [5, 5.41) is 0. The molecule has 4 aliphatic rings. The molecular formula is C26H36N2O2. The van der Waals surface area contributed by atoms with Gasteiger partial charge in [-0.2, -0.15) is 0 Å². The van der Waals surface area contributed by atoms with Gasteiger partial charge in [0.25, 0.3) is 0 Å². The van der Waals surface area contributed by atoms with Crippen LogP contribution in [0.1, 0.15) is 51.5 Å². The molecule has 0 aromatic heterocycles. The summed E-state index contributed by atoms with van der Waals surface area (Å²) in [7, 11) is 0. The molecule has 4 atom stereocenters. The van der Waals surface area contributed by atoms with Crippen LogP contribution in [0, 0.1) is 24.2 Å². The lowest BCUT2D eigenvalue weighted by Crippen LogP contribution is -2.49. The van der Waals surface area contributed by atoms with Gasteiger partial charge in [-0.25, -0.2) is 0 Å². The van der Waals surface area contributed by atoms with Gasteiger partial charge in [0.05, 0.1) is 5.92 Å². The van der Waals surface area contributed by atoms with Crippen molar-refractivity contribution in [3.63, 3.8) is 0 Å². The molecule has 5 rings (SSSR count). The molecule has 1 saturated carbocycles. The van der Waals surface area contributed by atoms with Crippen molar-refractivity contribution >= 4 is 11.7 Å². The molecule has 4 nitrogen and oxygen atoms in total. The number of hydrogen-bond donors (Lipinski definition) is 0. The van der Waals surface area contributed by atoms with Crippen molar-refractivity contribution in [3.05, 3.63) is 41.0 Å². The zero-order valence-electron chi connectivity index (χ0n) is 18.8. The summed E-state index contributed by atoms with van der Waals surface area (Å²) in [5.74, 6) is 0.488. The Morgan fingerprint density at radius 2 is 1.97 bits per heavy atom. The van der Waals surface area contributed by atoms with Crippen molar-refractivity contribution in [2.45, 2.75) is 59.0 Å². The van der Waals surface area contributed by atoms with Gasteiger partial charge < -0.3 is 9.64 Å². The fourth-order valence-corrected chi connectivity index (χ4v) is 6.61. The Kier molecular flexibility index (Phi) is 5.17. The van der Waals surface area contributed by atoms with E-state index >= 15 is 0 Å². The number of carbonyl (C=O) groups excluding carboxylic acids is 1. The molecule has 1 aromatic carbocycles. The molecule has 1 aromatic rings. The number of allylic oxidation sites excluding steroid dienone is 2. The van der Waals surface area contributed by atoms with Gasteiger partial charge in [-0.15, -0.1) is 0 Å². The topological polar surface area (TPSA) is 32.8 Å². The second-order valence-corrected chi connectivity index (χ2v) is 10.5. The number of ether oxygens (including phenoxy) is 1. The summed E-state index contributed by atoms with van der Waals surface area (Å²) in [6, 6.07) is 8.78. The average Bonchev–Trinajstić information content (AvgIpc) is 3.01. The van der Waals surface area contributed by atoms with Crippen molar-refractivity contribution in [1.29, 1.82) is 0 Å². The number of rotatable bonds is 3. The predicted molar refractivity (Wildman–Crippen MR) is 121 cm³/mol. The molecule has 2 heterocycles. The summed E-state index contributed by atoms with van der Waals surface area (Å²) in [6.45, 7) is 11.9. The maximum atomic E-state index is 12.9. The highest BCUT2D eigenvalue weighted by Gasteiger charge is 2.53. The molecular weight excluding hydrogens is 372 g/mol. The van der Waals surface area contributed by atoms with E-state index in [1.807, 2.05) is 0 Å². The normalized spacial score (nSPS) is 34.6. The van der Waals surface area contributed by atoms with Gasteiger partial charge in [0.2, 0.25) is 0 Å². The Labute approximate surface area is 181 Å². The highest BCUT2D eigenvalue weighted by Crippen LogP contribution is 2.55. The van der Waals surface area contributed by atoms with Crippen LogP contribution < -0.4 is 4.90 Å². The van der Waals surface area contributed by atoms with Crippen molar-refractivity contribution in [2.24, 2.45) is 17.3 Å². The maximum Gasteiger partial charge on any atom is 0.310 e. The molecule has 4 heteroatoms. The van der Waals surface area contributed by atoms with E-state index in [4.69, 9.17) is 4.74 Å². The zero-order valence-corrected chi connectivity index (χ0v) is 18.8. The van der Waals surface area contributed by atoms with E-state index in [-0.39, 0.29) is 23.4 Å². The van der Waals surface area contributed by atoms with Crippen molar-refractivity contribution in [3.8, 4) is 0 Å². The van der Waals surface area contributed by atoms with Gasteiger partial charge in [-0.05, 0) is 69.1 Å². The molecule has 0 bridgehead atoms. The minimum absolute atomic E-state index is 0.0484. The smallest absolute Gasteiger partial charge is 0.310 e. The molecule has 2 aliphatic carbocycles. The first-order valence-electron chi connectivity index (χ1n) is 11.9. The van der Waals surface area contributed by atoms with Crippen LogP contribution in [-0.2, 0) is 9.53 Å². The second kappa shape index (κ2) is 7.71. The monoisotopic (exact) mass is 408 g/mol. The van der Waals surface area contributed by atoms with Crippen molar-refractivity contribution in [2.75, 3.05) is 37.6 Å². The van der Waals surface area contributed by atoms with Crippen LogP contribution in [0.3, 0.4) is 0 Å². The van der Waals surface area contributed by atoms with E-state index < -0.39 is 0 Å². The number of esters is 1. The largest absolute Gasteiger partial charge is 0.462 e. The van der Waals surface area contributed by atoms with Crippen molar-refractivity contribution < 1.29 is 9.53 Å². The number of aryl methyl sites for hydroxylation is 1. The van der Waals surface area contributed by atoms with Crippen LogP contribution in [0.4, 0.5) is 5.69 Å². The van der Waals surface area contributed by atoms with E-state index in [0.29, 0.717) is 5.92 Å². The molecule has 2 aliphatic heterocycles. The number of fused-ring (bicyclic) bond motifs is 2. The number of hydrogen-bond acceptors (Lipinski definition) is 4. The third-order valence-corrected chi connectivity index (χ3v) is 8.37. The Bertz CT molecular complexity index is 854. The first kappa shape index (κ1) is 20.1. The van der Waals surface area contributed by atoms with Crippen LogP contribution in [0.25, 0.3) is 0 Å². The fraction of sp³-hybridized carbons (Fsp3) is 0.654. The molecule has 0 spiro atoms. The summed E-state index contributed by atoms with van der Waals surface area (Å²) in [4.78, 5) is 17.8. The standard InChI is InChI=1S/C26H36N2O2/c1-18-6-4-8-20(14-18)28-12-10-27(11-13-28)17-22-21-15-23-19(2)7-5-9-26(23,3)16-24(21)30-25(22)29/h4,6,8,14,21-22,24H,5,7,9-13,15-17H2,1-3H3/t21-,22-,24+,26+/m0/s1. The molecule has 0 N–H and O–H groups in total. The minimum Gasteiger partial charge on any atom is -0.462 e. The third-order valence-electron chi connectivity index (χ3n) is 8.37. The first-order valence-corrected chi connectivity index (χ1v) is 11.9. The van der Waals surface area contributed by atoms with Gasteiger partial charge in [0.1, 0.15) is 6.10 Å². The van der Waals surface area contributed by atoms with E-state index in [9.17, 15) is 4.79 Å². The lowest BCUT2D eigenvalue weighted by Gasteiger charge is -2.46. The van der Waals surface area contributed by atoms with Crippen LogP contribution in [-0.4, -0.2) is 49.7 Å². The minimum atomic E-state index is 0.0484. The number of carbonyl (C=O) groups is 1. The van der Waals surface area contributed by atoms with Crippen molar-refractivity contribution in [1.82, 2.24) is 4.90 Å². The van der Waals surface area contributed by atoms with Gasteiger partial charge in [0, 0.05) is 44.3 Å². The van der Waals surface area contributed by atoms with E-state index in [2.05, 4.69) is 54.8 Å². The van der Waals surface area contributed by atoms with E-state index in [0.717, 1.165) is 45.6 Å². The molecule has 162 valence electrons. The lowest BCUT2D eigenvalue weighted by atomic mass is 9.59. The molecule has 3 fully saturated rings. The first-order chi connectivity index (χ1) is 14.4. The molecule has 0 amide bonds. The second-order valence-electron chi connectivity index (χ2n) is 10.5. The summed E-state index contributed by atoms with van der Waals surface area (Å²) >= 11 is 0. The Hall–Kier alpha value is -1.81. The summed E-state index contributed by atoms with van der Waals surface area (Å²) < 4.78 is 5.97. The highest BCUT2D eigenvalue weighted by atomic mass is 16.6. The van der Waals surface area contributed by atoms with Crippen LogP contribution in [0.15, 0.2) is 35.4 Å². The van der Waals surface area contributed by atoms with Gasteiger partial charge in [-0.1, -0.05) is 30.2 Å². The maximum absolute atomic E-state index is 12.9. The zero-order chi connectivity index (χ0) is 20.9. The Balaban J connectivity index is 1.24. The van der Waals surface area contributed by atoms with Gasteiger partial charge in [-0.3, -0.25) is 9.69 Å². The van der Waals surface area contributed by atoms with Crippen LogP contribution in [0.2, 0.25) is 0 Å². The lowest BCUT2D eigenvalue weighted by molar-refractivity contribution is -0.145. The number of piperazine rings is 1. The SMILES string of the molecule is CC1=C2C[C@H]3[C@H](CN4CCN(c5cccc(C)c5)CC4)C(=O)O[C@@H]3C[C@@]2(C)CCC1. The fourth-order valence-electron chi connectivity index (χ4n) is 6.61. The number of anilines is 1. The predicted octanol–water partition coefficient (Wildman–Crippen LogP) is 4.58. The van der Waals surface area contributed by atoms with Gasteiger partial charge in [0.15, 0.2) is 0 Å². The van der Waals surface area contributed by atoms with E-state index in [1.54, 1.807) is 11.1 Å². The highest BCUT2D eigenvalue weighted by molar-refractivity contribution is 5.76. The van der Waals surface area contributed by atoms with Gasteiger partial charge >= 0.3 is 5.97 Å². The quantitative estimate of drug-likeness (QED) is 0.542. The molecule has 0 unspecified atom stereocenters. The third kappa shape index (κ3) is 3.57. The number of nitrogens with zero attached hydrogens (tertiary/aromatic N) is 2. The summed E-state index contributed by atoms with van der Waals surface area (Å²) in [5.41, 5.74) is 6.14. The Morgan fingerprint density at radius 3 is 2.73 bits per heavy atom. The molecule has 2 saturated heterocycles. The van der Waals surface area contributed by atoms with Crippen LogP contribution >= 0.6 is 0 Å². The molecule has 0 radical (unpaired) electrons.